The van der Waals surface area contributed by atoms with Crippen molar-refractivity contribution in [2.24, 2.45) is 5.41 Å². The normalized spacial score (nSPS) is 26.4. The van der Waals surface area contributed by atoms with Crippen LogP contribution in [0.1, 0.15) is 18.0 Å². The van der Waals surface area contributed by atoms with Crippen LogP contribution < -0.4 is 9.64 Å². The van der Waals surface area contributed by atoms with E-state index in [1.807, 2.05) is 47.4 Å². The van der Waals surface area contributed by atoms with E-state index in [0.717, 1.165) is 23.4 Å². The molecule has 118 valence electrons. The molecule has 2 aliphatic heterocycles. The van der Waals surface area contributed by atoms with E-state index in [1.165, 1.54) is 0 Å². The molecule has 2 heterocycles. The Labute approximate surface area is 135 Å². The summed E-state index contributed by atoms with van der Waals surface area (Å²) in [5.74, 6) is 0.950. The van der Waals surface area contributed by atoms with Crippen LogP contribution in [0, 0.1) is 5.41 Å². The first-order valence-electron chi connectivity index (χ1n) is 7.87. The first kappa shape index (κ1) is 14.3. The van der Waals surface area contributed by atoms with E-state index >= 15 is 0 Å². The Morgan fingerprint density at radius 2 is 1.87 bits per heavy atom. The highest BCUT2D eigenvalue weighted by Crippen LogP contribution is 2.56. The number of methoxy groups -OCH3 is 1. The molecule has 2 aliphatic rings. The first-order chi connectivity index (χ1) is 11.3. The van der Waals surface area contributed by atoms with Gasteiger partial charge in [-0.15, -0.1) is 0 Å². The summed E-state index contributed by atoms with van der Waals surface area (Å²) in [4.78, 5) is 14.8. The third-order valence-electron chi connectivity index (χ3n) is 4.94. The zero-order chi connectivity index (χ0) is 15.9. The van der Waals surface area contributed by atoms with Gasteiger partial charge in [0.05, 0.1) is 19.8 Å². The quantitative estimate of drug-likeness (QED) is 0.817. The molecule has 2 fully saturated rings. The number of ether oxygens (including phenoxy) is 2. The van der Waals surface area contributed by atoms with Crippen molar-refractivity contribution in [2.45, 2.75) is 12.5 Å². The van der Waals surface area contributed by atoms with Crippen LogP contribution in [0.3, 0.4) is 0 Å². The second kappa shape index (κ2) is 5.39. The van der Waals surface area contributed by atoms with Crippen LogP contribution in [0.2, 0.25) is 0 Å². The fraction of sp³-hybridized carbons (Fsp3) is 0.316. The molecule has 0 radical (unpaired) electrons. The topological polar surface area (TPSA) is 38.8 Å². The van der Waals surface area contributed by atoms with Crippen molar-refractivity contribution in [2.75, 3.05) is 25.2 Å². The predicted octanol–water partition coefficient (Wildman–Crippen LogP) is 3.19. The molecule has 0 bridgehead atoms. The van der Waals surface area contributed by atoms with Crippen molar-refractivity contribution >= 4 is 11.6 Å². The molecule has 2 atom stereocenters. The Kier molecular flexibility index (Phi) is 3.34. The number of anilines is 1. The zero-order valence-electron chi connectivity index (χ0n) is 13.1. The van der Waals surface area contributed by atoms with Crippen LogP contribution in [-0.2, 0) is 9.53 Å². The Hall–Kier alpha value is -2.33. The third-order valence-corrected chi connectivity index (χ3v) is 4.94. The number of nitrogens with zero attached hydrogens (tertiary/aromatic N) is 1. The summed E-state index contributed by atoms with van der Waals surface area (Å²) in [5.41, 5.74) is 1.66. The van der Waals surface area contributed by atoms with Gasteiger partial charge in [-0.2, -0.15) is 0 Å². The molecule has 4 heteroatoms. The molecule has 4 nitrogen and oxygen atoms in total. The smallest absolute Gasteiger partial charge is 0.238 e. The summed E-state index contributed by atoms with van der Waals surface area (Å²) in [6.07, 6.45) is 0.790. The molecule has 2 aromatic rings. The lowest BCUT2D eigenvalue weighted by atomic mass is 9.67. The van der Waals surface area contributed by atoms with Crippen LogP contribution in [-0.4, -0.2) is 26.2 Å². The van der Waals surface area contributed by atoms with Gasteiger partial charge in [0.2, 0.25) is 5.91 Å². The molecule has 2 saturated heterocycles. The molecule has 0 aromatic heterocycles. The Morgan fingerprint density at radius 1 is 1.13 bits per heavy atom. The average Bonchev–Trinajstić information content (AvgIpc) is 3.12. The molecule has 1 spiro atoms. The Bertz CT molecular complexity index is 705. The molecule has 4 rings (SSSR count). The zero-order valence-corrected chi connectivity index (χ0v) is 13.1. The van der Waals surface area contributed by atoms with Gasteiger partial charge in [0, 0.05) is 12.3 Å². The van der Waals surface area contributed by atoms with Gasteiger partial charge in [-0.3, -0.25) is 4.79 Å². The van der Waals surface area contributed by atoms with E-state index < -0.39 is 5.41 Å². The number of hydrogen-bond acceptors (Lipinski definition) is 3. The molecule has 23 heavy (non-hydrogen) atoms. The maximum Gasteiger partial charge on any atom is 0.238 e. The van der Waals surface area contributed by atoms with Crippen molar-refractivity contribution in [3.63, 3.8) is 0 Å². The van der Waals surface area contributed by atoms with Crippen LogP contribution >= 0.6 is 0 Å². The second-order valence-corrected chi connectivity index (χ2v) is 6.15. The van der Waals surface area contributed by atoms with E-state index in [9.17, 15) is 4.79 Å². The monoisotopic (exact) mass is 309 g/mol. The van der Waals surface area contributed by atoms with Crippen molar-refractivity contribution in [1.82, 2.24) is 0 Å². The van der Waals surface area contributed by atoms with E-state index in [1.54, 1.807) is 7.11 Å². The highest BCUT2D eigenvalue weighted by atomic mass is 16.5. The highest BCUT2D eigenvalue weighted by molar-refractivity contribution is 6.06. The summed E-state index contributed by atoms with van der Waals surface area (Å²) in [6.45, 7) is 1.17. The SMILES string of the molecule is COc1ccc(N2C(=O)[C@@]3(CCOC3)[C@H]2c2ccccc2)cc1. The van der Waals surface area contributed by atoms with E-state index in [0.29, 0.717) is 13.2 Å². The molecular formula is C19H19NO3. The number of benzene rings is 2. The largest absolute Gasteiger partial charge is 0.497 e. The fourth-order valence-electron chi connectivity index (χ4n) is 3.73. The van der Waals surface area contributed by atoms with Crippen LogP contribution in [0.5, 0.6) is 5.75 Å². The predicted molar refractivity (Wildman–Crippen MR) is 87.5 cm³/mol. The third kappa shape index (κ3) is 2.05. The summed E-state index contributed by atoms with van der Waals surface area (Å²) in [6, 6.07) is 17.9. The van der Waals surface area contributed by atoms with Crippen LogP contribution in [0.25, 0.3) is 0 Å². The minimum atomic E-state index is -0.402. The number of carbonyl (C=O) groups is 1. The van der Waals surface area contributed by atoms with Gasteiger partial charge in [-0.25, -0.2) is 0 Å². The van der Waals surface area contributed by atoms with Gasteiger partial charge in [0.1, 0.15) is 11.2 Å². The van der Waals surface area contributed by atoms with Gasteiger partial charge in [-0.05, 0) is 36.2 Å². The van der Waals surface area contributed by atoms with Crippen molar-refractivity contribution in [1.29, 1.82) is 0 Å². The summed E-state index contributed by atoms with van der Waals surface area (Å²) < 4.78 is 10.8. The van der Waals surface area contributed by atoms with E-state index in [4.69, 9.17) is 9.47 Å². The molecule has 0 unspecified atom stereocenters. The summed E-state index contributed by atoms with van der Waals surface area (Å²) in [5, 5.41) is 0. The van der Waals surface area contributed by atoms with Gasteiger partial charge in [0.15, 0.2) is 0 Å². The molecule has 0 N–H and O–H groups in total. The van der Waals surface area contributed by atoms with Crippen molar-refractivity contribution in [3.05, 3.63) is 60.2 Å². The van der Waals surface area contributed by atoms with Crippen LogP contribution in [0.15, 0.2) is 54.6 Å². The Balaban J connectivity index is 1.74. The lowest BCUT2D eigenvalue weighted by Crippen LogP contribution is -2.64. The molecule has 0 saturated carbocycles. The summed E-state index contributed by atoms with van der Waals surface area (Å²) >= 11 is 0. The lowest BCUT2D eigenvalue weighted by molar-refractivity contribution is -0.140. The van der Waals surface area contributed by atoms with E-state index in [-0.39, 0.29) is 11.9 Å². The minimum Gasteiger partial charge on any atom is -0.497 e. The standard InChI is InChI=1S/C19H19NO3/c1-22-16-9-7-15(8-10-16)20-17(14-5-3-2-4-6-14)19(18(20)21)11-12-23-13-19/h2-10,17H,11-13H2,1H3/t17-,19-/m1/s1. The molecule has 0 aliphatic carbocycles. The van der Waals surface area contributed by atoms with Crippen molar-refractivity contribution < 1.29 is 14.3 Å². The average molecular weight is 309 g/mol. The van der Waals surface area contributed by atoms with E-state index in [2.05, 4.69) is 12.1 Å². The van der Waals surface area contributed by atoms with Gasteiger partial charge >= 0.3 is 0 Å². The fourth-order valence-corrected chi connectivity index (χ4v) is 3.73. The maximum absolute atomic E-state index is 12.9. The minimum absolute atomic E-state index is 0.0343. The second-order valence-electron chi connectivity index (χ2n) is 6.15. The number of hydrogen-bond donors (Lipinski definition) is 0. The van der Waals surface area contributed by atoms with Crippen molar-refractivity contribution in [3.8, 4) is 5.75 Å². The Morgan fingerprint density at radius 3 is 2.48 bits per heavy atom. The van der Waals surface area contributed by atoms with Gasteiger partial charge < -0.3 is 14.4 Å². The highest BCUT2D eigenvalue weighted by Gasteiger charge is 2.63. The maximum atomic E-state index is 12.9. The number of rotatable bonds is 3. The summed E-state index contributed by atoms with van der Waals surface area (Å²) in [7, 11) is 1.64. The first-order valence-corrected chi connectivity index (χ1v) is 7.87. The lowest BCUT2D eigenvalue weighted by Gasteiger charge is -2.54. The molecule has 2 aromatic carbocycles. The number of amides is 1. The van der Waals surface area contributed by atoms with Crippen LogP contribution in [0.4, 0.5) is 5.69 Å². The van der Waals surface area contributed by atoms with Gasteiger partial charge in [-0.1, -0.05) is 30.3 Å². The molecular weight excluding hydrogens is 290 g/mol. The molecule has 1 amide bonds. The number of β-lactam (4-membered cyclic amide) rings is 1. The number of carbonyl (C=O) groups excluding carboxylic acids is 1. The van der Waals surface area contributed by atoms with Gasteiger partial charge in [0.25, 0.3) is 0 Å².